The standard InChI is InChI=1S/C39H34O12/c1-3-35(40)47-24-6-5-23-45-30-13-7-27(8-14-30)38(43)50-33-19-21-34(22-20-33)51-39(44)29-11-17-32(18-12-29)49-37(42)28-9-15-31(16-10-28)46-25-26-48-36(41)4-2/h3-4,7-22H,1-2,5-6,23-26H2. The summed E-state index contributed by atoms with van der Waals surface area (Å²) in [7, 11) is 0. The summed E-state index contributed by atoms with van der Waals surface area (Å²) >= 11 is 0. The molecular weight excluding hydrogens is 660 g/mol. The third-order valence-electron chi connectivity index (χ3n) is 6.71. The van der Waals surface area contributed by atoms with Gasteiger partial charge in [0.15, 0.2) is 0 Å². The van der Waals surface area contributed by atoms with Crippen LogP contribution in [0.2, 0.25) is 0 Å². The van der Waals surface area contributed by atoms with E-state index in [0.717, 1.165) is 12.2 Å². The van der Waals surface area contributed by atoms with E-state index < -0.39 is 29.8 Å². The van der Waals surface area contributed by atoms with Crippen LogP contribution >= 0.6 is 0 Å². The Hall–Kier alpha value is -6.69. The van der Waals surface area contributed by atoms with Crippen molar-refractivity contribution in [2.45, 2.75) is 12.8 Å². The first-order valence-corrected chi connectivity index (χ1v) is 15.6. The van der Waals surface area contributed by atoms with E-state index in [1.165, 1.54) is 60.7 Å². The fraction of sp³-hybridized carbons (Fsp3) is 0.154. The lowest BCUT2D eigenvalue weighted by molar-refractivity contribution is -0.139. The minimum atomic E-state index is -0.647. The number of carbonyl (C=O) groups is 5. The molecule has 0 amide bonds. The van der Waals surface area contributed by atoms with Gasteiger partial charge in [-0.1, -0.05) is 13.2 Å². The van der Waals surface area contributed by atoms with Crippen molar-refractivity contribution in [1.82, 2.24) is 0 Å². The molecule has 0 atom stereocenters. The fourth-order valence-corrected chi connectivity index (χ4v) is 4.09. The normalized spacial score (nSPS) is 10.2. The summed E-state index contributed by atoms with van der Waals surface area (Å²) in [5.74, 6) is -1.10. The van der Waals surface area contributed by atoms with Gasteiger partial charge in [0.1, 0.15) is 42.0 Å². The third-order valence-corrected chi connectivity index (χ3v) is 6.71. The second-order valence-corrected chi connectivity index (χ2v) is 10.4. The highest BCUT2D eigenvalue weighted by atomic mass is 16.6. The number of hydrogen-bond donors (Lipinski definition) is 0. The zero-order chi connectivity index (χ0) is 36.4. The monoisotopic (exact) mass is 694 g/mol. The second-order valence-electron chi connectivity index (χ2n) is 10.4. The predicted octanol–water partition coefficient (Wildman–Crippen LogP) is 6.34. The van der Waals surface area contributed by atoms with Crippen molar-refractivity contribution >= 4 is 29.8 Å². The Balaban J connectivity index is 1.18. The Kier molecular flexibility index (Phi) is 14.1. The third kappa shape index (κ3) is 12.4. The maximum absolute atomic E-state index is 12.7. The molecule has 0 fully saturated rings. The molecule has 0 radical (unpaired) electrons. The first-order chi connectivity index (χ1) is 24.7. The minimum absolute atomic E-state index is 0.0548. The van der Waals surface area contributed by atoms with E-state index in [0.29, 0.717) is 36.5 Å². The molecule has 0 aliphatic rings. The lowest BCUT2D eigenvalue weighted by atomic mass is 10.2. The first kappa shape index (κ1) is 37.1. The van der Waals surface area contributed by atoms with Crippen molar-refractivity contribution in [2.24, 2.45) is 0 Å². The van der Waals surface area contributed by atoms with Crippen LogP contribution in [-0.4, -0.2) is 56.3 Å². The van der Waals surface area contributed by atoms with Crippen molar-refractivity contribution in [3.63, 3.8) is 0 Å². The topological polar surface area (TPSA) is 150 Å². The van der Waals surface area contributed by atoms with Crippen LogP contribution in [-0.2, 0) is 19.1 Å². The molecule has 0 aromatic heterocycles. The average molecular weight is 695 g/mol. The van der Waals surface area contributed by atoms with Gasteiger partial charge in [0.2, 0.25) is 0 Å². The second kappa shape index (κ2) is 19.3. The number of esters is 5. The first-order valence-electron chi connectivity index (χ1n) is 15.6. The molecule has 12 heteroatoms. The van der Waals surface area contributed by atoms with Crippen LogP contribution < -0.4 is 23.7 Å². The van der Waals surface area contributed by atoms with Gasteiger partial charge in [0, 0.05) is 12.2 Å². The largest absolute Gasteiger partial charge is 0.494 e. The Morgan fingerprint density at radius 1 is 0.412 bits per heavy atom. The summed E-state index contributed by atoms with van der Waals surface area (Å²) in [4.78, 5) is 59.9. The fourth-order valence-electron chi connectivity index (χ4n) is 4.09. The molecule has 0 saturated carbocycles. The summed E-state index contributed by atoms with van der Waals surface area (Å²) in [6, 6.07) is 24.5. The highest BCUT2D eigenvalue weighted by Crippen LogP contribution is 2.22. The van der Waals surface area contributed by atoms with Crippen LogP contribution in [0, 0.1) is 0 Å². The van der Waals surface area contributed by atoms with Crippen molar-refractivity contribution in [3.8, 4) is 28.7 Å². The van der Waals surface area contributed by atoms with Gasteiger partial charge < -0.3 is 33.2 Å². The number of benzene rings is 4. The molecule has 262 valence electrons. The quantitative estimate of drug-likeness (QED) is 0.0495. The highest BCUT2D eigenvalue weighted by molar-refractivity contribution is 5.93. The predicted molar refractivity (Wildman–Crippen MR) is 183 cm³/mol. The number of rotatable bonds is 18. The Morgan fingerprint density at radius 3 is 1.12 bits per heavy atom. The Bertz CT molecular complexity index is 1810. The van der Waals surface area contributed by atoms with Crippen molar-refractivity contribution in [2.75, 3.05) is 26.4 Å². The maximum Gasteiger partial charge on any atom is 0.343 e. The molecule has 0 saturated heterocycles. The van der Waals surface area contributed by atoms with Crippen LogP contribution in [0.1, 0.15) is 43.9 Å². The van der Waals surface area contributed by atoms with E-state index in [9.17, 15) is 24.0 Å². The lowest BCUT2D eigenvalue weighted by Gasteiger charge is -2.09. The molecule has 51 heavy (non-hydrogen) atoms. The molecule has 0 aliphatic heterocycles. The van der Waals surface area contributed by atoms with Gasteiger partial charge in [-0.15, -0.1) is 0 Å². The van der Waals surface area contributed by atoms with E-state index in [4.69, 9.17) is 33.2 Å². The zero-order valence-electron chi connectivity index (χ0n) is 27.4. The lowest BCUT2D eigenvalue weighted by Crippen LogP contribution is -2.11. The molecule has 0 spiro atoms. The van der Waals surface area contributed by atoms with E-state index >= 15 is 0 Å². The molecule has 0 bridgehead atoms. The van der Waals surface area contributed by atoms with Crippen LogP contribution in [0.5, 0.6) is 28.7 Å². The minimum Gasteiger partial charge on any atom is -0.494 e. The van der Waals surface area contributed by atoms with E-state index in [2.05, 4.69) is 13.2 Å². The van der Waals surface area contributed by atoms with Crippen LogP contribution in [0.4, 0.5) is 0 Å². The molecular formula is C39H34O12. The Labute approximate surface area is 293 Å². The van der Waals surface area contributed by atoms with Gasteiger partial charge in [0.25, 0.3) is 0 Å². The molecule has 4 aromatic rings. The van der Waals surface area contributed by atoms with Gasteiger partial charge in [-0.2, -0.15) is 0 Å². The van der Waals surface area contributed by atoms with Crippen molar-refractivity contribution < 1.29 is 57.1 Å². The van der Waals surface area contributed by atoms with Crippen LogP contribution in [0.15, 0.2) is 122 Å². The number of hydrogen-bond acceptors (Lipinski definition) is 12. The maximum atomic E-state index is 12.7. The summed E-state index contributed by atoms with van der Waals surface area (Å²) in [5, 5.41) is 0. The molecule has 4 rings (SSSR count). The Morgan fingerprint density at radius 2 is 0.725 bits per heavy atom. The SMILES string of the molecule is C=CC(=O)OCCCCOc1ccc(C(=O)Oc2ccc(OC(=O)c3ccc(OC(=O)c4ccc(OCCOC(=O)C=C)cc4)cc3)cc2)cc1. The van der Waals surface area contributed by atoms with E-state index in [-0.39, 0.29) is 48.2 Å². The van der Waals surface area contributed by atoms with Crippen LogP contribution in [0.25, 0.3) is 0 Å². The molecule has 0 unspecified atom stereocenters. The number of ether oxygens (including phenoxy) is 7. The molecule has 0 N–H and O–H groups in total. The van der Waals surface area contributed by atoms with E-state index in [1.54, 1.807) is 36.4 Å². The highest BCUT2D eigenvalue weighted by Gasteiger charge is 2.14. The summed E-state index contributed by atoms with van der Waals surface area (Å²) < 4.78 is 37.1. The molecule has 0 heterocycles. The van der Waals surface area contributed by atoms with Gasteiger partial charge in [-0.3, -0.25) is 0 Å². The summed E-state index contributed by atoms with van der Waals surface area (Å²) in [5.41, 5.74) is 0.802. The van der Waals surface area contributed by atoms with Gasteiger partial charge in [-0.25, -0.2) is 24.0 Å². The number of carbonyl (C=O) groups excluding carboxylic acids is 5. The van der Waals surface area contributed by atoms with Crippen molar-refractivity contribution in [3.05, 3.63) is 139 Å². The summed E-state index contributed by atoms with van der Waals surface area (Å²) in [6.45, 7) is 7.54. The smallest absolute Gasteiger partial charge is 0.343 e. The molecule has 12 nitrogen and oxygen atoms in total. The average Bonchev–Trinajstić information content (AvgIpc) is 3.16. The van der Waals surface area contributed by atoms with Crippen LogP contribution in [0.3, 0.4) is 0 Å². The molecule has 4 aromatic carbocycles. The zero-order valence-corrected chi connectivity index (χ0v) is 27.4. The van der Waals surface area contributed by atoms with E-state index in [1.807, 2.05) is 0 Å². The van der Waals surface area contributed by atoms with Gasteiger partial charge >= 0.3 is 29.8 Å². The molecule has 0 aliphatic carbocycles. The van der Waals surface area contributed by atoms with Gasteiger partial charge in [-0.05, 0) is 110 Å². The van der Waals surface area contributed by atoms with Crippen molar-refractivity contribution in [1.29, 1.82) is 0 Å². The number of unbranched alkanes of at least 4 members (excludes halogenated alkanes) is 1. The van der Waals surface area contributed by atoms with Gasteiger partial charge in [0.05, 0.1) is 29.9 Å². The summed E-state index contributed by atoms with van der Waals surface area (Å²) in [6.07, 6.45) is 3.50.